The highest BCUT2D eigenvalue weighted by Gasteiger charge is 2.68. The van der Waals surface area contributed by atoms with Gasteiger partial charge in [-0.3, -0.25) is 14.9 Å². The Morgan fingerprint density at radius 1 is 1.16 bits per heavy atom. The molecule has 2 heterocycles. The fraction of sp³-hybridized carbons (Fsp3) is 0.833. The van der Waals surface area contributed by atoms with Crippen LogP contribution in [0.25, 0.3) is 0 Å². The van der Waals surface area contributed by atoms with E-state index in [4.69, 9.17) is 15.9 Å². The Kier molecular flexibility index (Phi) is 6.76. The first-order valence-corrected chi connectivity index (χ1v) is 14.2. The second-order valence-corrected chi connectivity index (χ2v) is 13.4. The van der Waals surface area contributed by atoms with Gasteiger partial charge in [-0.2, -0.15) is 0 Å². The number of imide groups is 1. The van der Waals surface area contributed by atoms with Gasteiger partial charge in [0.05, 0.1) is 12.0 Å². The van der Waals surface area contributed by atoms with E-state index < -0.39 is 23.0 Å². The van der Waals surface area contributed by atoms with Crippen LogP contribution in [0.2, 0.25) is 0 Å². The third-order valence-corrected chi connectivity index (χ3v) is 11.8. The molecule has 5 aliphatic rings. The third kappa shape index (κ3) is 3.97. The number of hydrogen-bond acceptors (Lipinski definition) is 6. The molecule has 4 bridgehead atoms. The largest absolute Gasteiger partial charge is 0.445 e. The molecule has 3 unspecified atom stereocenters. The first-order valence-electron chi connectivity index (χ1n) is 14.2. The molecule has 5 rings (SSSR count). The van der Waals surface area contributed by atoms with Crippen molar-refractivity contribution in [2.45, 2.75) is 84.8 Å². The van der Waals surface area contributed by atoms with Gasteiger partial charge in [-0.05, 0) is 62.3 Å². The normalized spacial score (nSPS) is 48.5. The molecule has 1 N–H and O–H groups in total. The average molecular weight is 513 g/mol. The van der Waals surface area contributed by atoms with Gasteiger partial charge >= 0.3 is 6.09 Å². The zero-order chi connectivity index (χ0) is 26.8. The number of carbonyl (C=O) groups is 3. The molecule has 11 atom stereocenters. The highest BCUT2D eigenvalue weighted by atomic mass is 16.6. The third-order valence-electron chi connectivity index (χ3n) is 11.8. The lowest BCUT2D eigenvalue weighted by molar-refractivity contribution is -0.191. The minimum absolute atomic E-state index is 0.00105. The number of methoxy groups -OCH3 is 1. The van der Waals surface area contributed by atoms with Crippen molar-refractivity contribution in [1.29, 1.82) is 0 Å². The number of amides is 2. The predicted molar refractivity (Wildman–Crippen MR) is 139 cm³/mol. The molecule has 0 aromatic heterocycles. The number of hydrogen-bond donors (Lipinski definition) is 1. The van der Waals surface area contributed by atoms with Gasteiger partial charge in [-0.1, -0.05) is 27.7 Å². The Morgan fingerprint density at radius 2 is 1.89 bits per heavy atom. The molecule has 3 saturated carbocycles. The fourth-order valence-electron chi connectivity index (χ4n) is 9.48. The molecule has 2 saturated heterocycles. The summed E-state index contributed by atoms with van der Waals surface area (Å²) in [5.41, 5.74) is -1.43. The van der Waals surface area contributed by atoms with E-state index in [1.165, 1.54) is 0 Å². The number of ether oxygens (including phenoxy) is 2. The molecule has 0 aromatic rings. The van der Waals surface area contributed by atoms with Crippen LogP contribution in [0.1, 0.15) is 72.6 Å². The van der Waals surface area contributed by atoms with E-state index in [2.05, 4.69) is 36.9 Å². The van der Waals surface area contributed by atoms with E-state index in [9.17, 15) is 14.4 Å². The molecule has 2 aliphatic heterocycles. The minimum atomic E-state index is -0.803. The molecule has 5 fully saturated rings. The van der Waals surface area contributed by atoms with Crippen LogP contribution in [-0.2, 0) is 19.1 Å². The van der Waals surface area contributed by atoms with Crippen molar-refractivity contribution < 1.29 is 23.9 Å². The Hall–Kier alpha value is -1.91. The molecule has 2 amide bonds. The number of nitrogens with one attached hydrogen (secondary N) is 1. The van der Waals surface area contributed by atoms with Crippen molar-refractivity contribution in [3.8, 4) is 12.3 Å². The van der Waals surface area contributed by atoms with Crippen molar-refractivity contribution in [2.24, 2.45) is 45.8 Å². The lowest BCUT2D eigenvalue weighted by Gasteiger charge is -2.61. The first kappa shape index (κ1) is 26.7. The number of nitrogens with zero attached hydrogens (tertiary/aromatic N) is 1. The van der Waals surface area contributed by atoms with Gasteiger partial charge in [0.25, 0.3) is 0 Å². The molecule has 0 radical (unpaired) electrons. The van der Waals surface area contributed by atoms with E-state index in [-0.39, 0.29) is 46.9 Å². The van der Waals surface area contributed by atoms with Gasteiger partial charge in [0.15, 0.2) is 0 Å². The van der Waals surface area contributed by atoms with Crippen molar-refractivity contribution in [1.82, 2.24) is 10.2 Å². The van der Waals surface area contributed by atoms with E-state index in [1.807, 2.05) is 6.92 Å². The summed E-state index contributed by atoms with van der Waals surface area (Å²) in [7, 11) is 1.76. The summed E-state index contributed by atoms with van der Waals surface area (Å²) in [6.45, 7) is 11.2. The van der Waals surface area contributed by atoms with Crippen molar-refractivity contribution in [3.63, 3.8) is 0 Å². The van der Waals surface area contributed by atoms with E-state index in [0.29, 0.717) is 25.3 Å². The number of Topliss-reactive ketones (excluding diaryl/α,β-unsaturated/α-hetero) is 1. The Labute approximate surface area is 221 Å². The summed E-state index contributed by atoms with van der Waals surface area (Å²) in [5, 5.41) is 2.58. The standard InChI is InChI=1S/C30H44N2O5/c1-7-11-28(4)15-23(37-27(35)31-26(34)21-17-32-14-10-20(21)16-32)29(5)18(2)8-12-30(19(3)25(28)33)13-9-22(36-6)24(29)30/h1,18-24H,8-17H2,2-6H3,(H,31,34,35)/t18-,19+,20+,21+,22-,23-,24?,28-,29+,30?/m1/s1. The van der Waals surface area contributed by atoms with Crippen LogP contribution in [0.3, 0.4) is 0 Å². The fourth-order valence-corrected chi connectivity index (χ4v) is 9.48. The van der Waals surface area contributed by atoms with Crippen molar-refractivity contribution in [3.05, 3.63) is 0 Å². The molecule has 204 valence electrons. The number of alkyl carbamates (subject to hydrolysis) is 1. The molecule has 7 nitrogen and oxygen atoms in total. The van der Waals surface area contributed by atoms with Crippen molar-refractivity contribution in [2.75, 3.05) is 26.7 Å². The maximum Gasteiger partial charge on any atom is 0.414 e. The number of carbonyl (C=O) groups excluding carboxylic acids is 3. The highest BCUT2D eigenvalue weighted by molar-refractivity contribution is 5.93. The predicted octanol–water partition coefficient (Wildman–Crippen LogP) is 4.05. The van der Waals surface area contributed by atoms with Crippen LogP contribution < -0.4 is 5.32 Å². The maximum atomic E-state index is 14.1. The second-order valence-electron chi connectivity index (χ2n) is 13.4. The van der Waals surface area contributed by atoms with Gasteiger partial charge in [-0.25, -0.2) is 4.79 Å². The zero-order valence-corrected chi connectivity index (χ0v) is 23.2. The van der Waals surface area contributed by atoms with Crippen LogP contribution in [0, 0.1) is 58.2 Å². The van der Waals surface area contributed by atoms with E-state index in [0.717, 1.165) is 45.2 Å². The number of ketones is 1. The first-order chi connectivity index (χ1) is 17.5. The highest BCUT2D eigenvalue weighted by Crippen LogP contribution is 2.68. The summed E-state index contributed by atoms with van der Waals surface area (Å²) in [5.74, 6) is 3.00. The molecule has 7 heteroatoms. The van der Waals surface area contributed by atoms with Crippen LogP contribution in [0.5, 0.6) is 0 Å². The van der Waals surface area contributed by atoms with Gasteiger partial charge in [0.2, 0.25) is 5.91 Å². The van der Waals surface area contributed by atoms with E-state index >= 15 is 0 Å². The maximum absolute atomic E-state index is 14.1. The number of fused-ring (bicyclic) bond motifs is 2. The van der Waals surface area contributed by atoms with Crippen LogP contribution in [0.15, 0.2) is 0 Å². The zero-order valence-electron chi connectivity index (χ0n) is 23.2. The molecule has 3 aliphatic carbocycles. The van der Waals surface area contributed by atoms with Crippen molar-refractivity contribution >= 4 is 17.8 Å². The Bertz CT molecular complexity index is 1010. The average Bonchev–Trinajstić information content (AvgIpc) is 3.59. The lowest BCUT2D eigenvalue weighted by Crippen LogP contribution is -2.63. The summed E-state index contributed by atoms with van der Waals surface area (Å²) < 4.78 is 12.3. The lowest BCUT2D eigenvalue weighted by atomic mass is 9.44. The Morgan fingerprint density at radius 3 is 2.51 bits per heavy atom. The topological polar surface area (TPSA) is 84.9 Å². The summed E-state index contributed by atoms with van der Waals surface area (Å²) in [6, 6.07) is 0. The summed E-state index contributed by atoms with van der Waals surface area (Å²) in [6.07, 6.45) is 9.92. The van der Waals surface area contributed by atoms with Gasteiger partial charge in [-0.15, -0.1) is 12.3 Å². The summed E-state index contributed by atoms with van der Waals surface area (Å²) >= 11 is 0. The van der Waals surface area contributed by atoms with Crippen LogP contribution in [0.4, 0.5) is 4.79 Å². The monoisotopic (exact) mass is 512 g/mol. The molecule has 0 aromatic carbocycles. The SMILES string of the molecule is C#CC[C@]1(C)C[C@@H](OC(=O)NC(=O)[C@H]2CN3CC[C@H]2C3)[C@@]2(C)C3[C@H](OC)CCC3(CC[C@H]2C)[C@@H](C)C1=O. The summed E-state index contributed by atoms with van der Waals surface area (Å²) in [4.78, 5) is 42.8. The van der Waals surface area contributed by atoms with E-state index in [1.54, 1.807) is 7.11 Å². The number of piperidine rings is 1. The number of terminal acetylenes is 1. The molecule has 37 heavy (non-hydrogen) atoms. The quantitative estimate of drug-likeness (QED) is 0.572. The van der Waals surface area contributed by atoms with Gasteiger partial charge in [0, 0.05) is 49.3 Å². The molecular formula is C30H44N2O5. The van der Waals surface area contributed by atoms with Gasteiger partial charge < -0.3 is 14.4 Å². The van der Waals surface area contributed by atoms with Crippen LogP contribution in [-0.4, -0.2) is 61.6 Å². The van der Waals surface area contributed by atoms with Crippen LogP contribution >= 0.6 is 0 Å². The minimum Gasteiger partial charge on any atom is -0.445 e. The van der Waals surface area contributed by atoms with Gasteiger partial charge in [0.1, 0.15) is 11.9 Å². The second kappa shape index (κ2) is 9.38. The molecule has 0 spiro atoms. The number of rotatable bonds is 4. The Balaban J connectivity index is 1.48. The molecular weight excluding hydrogens is 468 g/mol. The smallest absolute Gasteiger partial charge is 0.414 e.